The van der Waals surface area contributed by atoms with Crippen LogP contribution in [-0.4, -0.2) is 16.6 Å². The maximum Gasteiger partial charge on any atom is 0.264 e. The number of aliphatic hydroxyl groups excluding tert-OH is 1. The molecule has 1 heterocycles. The van der Waals surface area contributed by atoms with Gasteiger partial charge in [0.25, 0.3) is 4.80 Å². The van der Waals surface area contributed by atoms with Gasteiger partial charge >= 0.3 is 0 Å². The van der Waals surface area contributed by atoms with Crippen LogP contribution in [0.1, 0.15) is 18.2 Å². The Morgan fingerprint density at radius 3 is 3.00 bits per heavy atom. The second-order valence-electron chi connectivity index (χ2n) is 2.12. The predicted molar refractivity (Wildman–Crippen MR) is 42.8 cm³/mol. The molecule has 1 aromatic heterocycles. The molecule has 5 heteroatoms. The van der Waals surface area contributed by atoms with E-state index in [0.717, 1.165) is 0 Å². The first-order chi connectivity index (χ1) is 5.24. The van der Waals surface area contributed by atoms with Crippen LogP contribution < -0.4 is 5.73 Å². The van der Waals surface area contributed by atoms with Gasteiger partial charge in [-0.3, -0.25) is 0 Å². The van der Waals surface area contributed by atoms with Crippen LogP contribution in [0, 0.1) is 0 Å². The normalized spacial score (nSPS) is 13.4. The Morgan fingerprint density at radius 2 is 2.55 bits per heavy atom. The zero-order valence-corrected chi connectivity index (χ0v) is 7.41. The molecule has 0 aliphatic heterocycles. The molecule has 0 aromatic carbocycles. The van der Waals surface area contributed by atoms with E-state index in [-0.39, 0.29) is 0 Å². The van der Waals surface area contributed by atoms with Crippen molar-refractivity contribution in [2.24, 2.45) is 5.73 Å². The summed E-state index contributed by atoms with van der Waals surface area (Å²) in [6.07, 6.45) is 1.29. The molecule has 1 aromatic rings. The van der Waals surface area contributed by atoms with E-state index in [4.69, 9.17) is 10.2 Å². The number of rotatable bonds is 3. The maximum absolute atomic E-state index is 9.31. The van der Waals surface area contributed by atoms with Crippen LogP contribution in [-0.2, 0) is 0 Å². The van der Waals surface area contributed by atoms with Crippen molar-refractivity contribution in [1.29, 1.82) is 0 Å². The second-order valence-corrected chi connectivity index (χ2v) is 2.80. The molecule has 0 aliphatic carbocycles. The number of oxazole rings is 1. The summed E-state index contributed by atoms with van der Waals surface area (Å²) in [5, 5.41) is 9.31. The molecule has 0 amide bonds. The van der Waals surface area contributed by atoms with Crippen molar-refractivity contribution in [3.8, 4) is 0 Å². The molecule has 0 aliphatic rings. The van der Waals surface area contributed by atoms with Gasteiger partial charge in [-0.05, 0) is 13.0 Å². The molecular formula is C6H9BrN2O2. The zero-order valence-electron chi connectivity index (χ0n) is 5.83. The fraction of sp³-hybridized carbons (Fsp3) is 0.500. The van der Waals surface area contributed by atoms with Crippen LogP contribution in [0.5, 0.6) is 0 Å². The summed E-state index contributed by atoms with van der Waals surface area (Å²) in [7, 11) is 0. The average Bonchev–Trinajstić information content (AvgIpc) is 2.36. The Hall–Kier alpha value is -0.390. The van der Waals surface area contributed by atoms with Crippen molar-refractivity contribution in [3.63, 3.8) is 0 Å². The van der Waals surface area contributed by atoms with Gasteiger partial charge < -0.3 is 15.3 Å². The molecule has 62 valence electrons. The van der Waals surface area contributed by atoms with E-state index in [1.54, 1.807) is 0 Å². The number of halogens is 1. The monoisotopic (exact) mass is 220 g/mol. The fourth-order valence-electron chi connectivity index (χ4n) is 0.722. The average molecular weight is 221 g/mol. The van der Waals surface area contributed by atoms with Gasteiger partial charge in [-0.2, -0.15) is 0 Å². The quantitative estimate of drug-likeness (QED) is 0.792. The zero-order chi connectivity index (χ0) is 8.27. The Labute approximate surface area is 72.5 Å². The molecule has 0 fully saturated rings. The van der Waals surface area contributed by atoms with Crippen LogP contribution in [0.15, 0.2) is 15.5 Å². The summed E-state index contributed by atoms with van der Waals surface area (Å²) in [5.41, 5.74) is 5.76. The Bertz CT molecular complexity index is 226. The molecule has 0 spiro atoms. The van der Waals surface area contributed by atoms with E-state index in [1.165, 1.54) is 6.26 Å². The fourth-order valence-corrected chi connectivity index (χ4v) is 1.02. The highest BCUT2D eigenvalue weighted by molar-refractivity contribution is 9.10. The summed E-state index contributed by atoms with van der Waals surface area (Å²) >= 11 is 3.03. The number of nitrogens with two attached hydrogens (primary N) is 1. The topological polar surface area (TPSA) is 72.3 Å². The minimum absolute atomic E-state index is 0.378. The summed E-state index contributed by atoms with van der Waals surface area (Å²) in [5.74, 6) is 0. The minimum atomic E-state index is -0.616. The number of aliphatic hydroxyl groups is 1. The summed E-state index contributed by atoms with van der Waals surface area (Å²) in [6.45, 7) is 0.436. The number of hydrogen-bond acceptors (Lipinski definition) is 4. The molecule has 0 saturated heterocycles. The van der Waals surface area contributed by atoms with E-state index in [9.17, 15) is 5.11 Å². The largest absolute Gasteiger partial charge is 0.439 e. The van der Waals surface area contributed by atoms with Crippen molar-refractivity contribution >= 4 is 15.9 Å². The second kappa shape index (κ2) is 3.85. The van der Waals surface area contributed by atoms with Gasteiger partial charge in [-0.15, -0.1) is 0 Å². The standard InChI is InChI=1S/C6H9BrN2O2/c7-6-9-4(3-11-6)5(10)1-2-8/h3,5,10H,1-2,8H2. The van der Waals surface area contributed by atoms with Crippen molar-refractivity contribution in [3.05, 3.63) is 16.8 Å². The van der Waals surface area contributed by atoms with Gasteiger partial charge in [0.1, 0.15) is 18.1 Å². The predicted octanol–water partition coefficient (Wildman–Crippen LogP) is 0.819. The van der Waals surface area contributed by atoms with Crippen LogP contribution >= 0.6 is 15.9 Å². The summed E-state index contributed by atoms with van der Waals surface area (Å²) in [6, 6.07) is 0. The van der Waals surface area contributed by atoms with Gasteiger partial charge in [-0.25, -0.2) is 4.98 Å². The van der Waals surface area contributed by atoms with Crippen molar-refractivity contribution in [1.82, 2.24) is 4.98 Å². The summed E-state index contributed by atoms with van der Waals surface area (Å²) in [4.78, 5) is 4.25. The van der Waals surface area contributed by atoms with E-state index < -0.39 is 6.10 Å². The molecule has 4 nitrogen and oxygen atoms in total. The smallest absolute Gasteiger partial charge is 0.264 e. The lowest BCUT2D eigenvalue weighted by Crippen LogP contribution is -2.06. The van der Waals surface area contributed by atoms with Gasteiger partial charge in [0, 0.05) is 15.9 Å². The number of hydrogen-bond donors (Lipinski definition) is 2. The van der Waals surface area contributed by atoms with Crippen molar-refractivity contribution in [2.75, 3.05) is 6.54 Å². The van der Waals surface area contributed by atoms with Gasteiger partial charge in [0.15, 0.2) is 0 Å². The van der Waals surface area contributed by atoms with Crippen molar-refractivity contribution < 1.29 is 9.52 Å². The molecule has 1 rings (SSSR count). The van der Waals surface area contributed by atoms with Gasteiger partial charge in [0.2, 0.25) is 0 Å². The van der Waals surface area contributed by atoms with Gasteiger partial charge in [0.05, 0.1) is 0 Å². The highest BCUT2D eigenvalue weighted by Crippen LogP contribution is 2.17. The third-order valence-corrected chi connectivity index (χ3v) is 1.64. The Morgan fingerprint density at radius 1 is 1.82 bits per heavy atom. The van der Waals surface area contributed by atoms with E-state index >= 15 is 0 Å². The van der Waals surface area contributed by atoms with Crippen LogP contribution in [0.4, 0.5) is 0 Å². The SMILES string of the molecule is NCCC(O)c1coc(Br)n1. The molecule has 0 saturated carbocycles. The molecule has 0 radical (unpaired) electrons. The first kappa shape index (κ1) is 8.70. The van der Waals surface area contributed by atoms with E-state index in [1.807, 2.05) is 0 Å². The third-order valence-electron chi connectivity index (χ3n) is 1.28. The first-order valence-electron chi connectivity index (χ1n) is 3.23. The lowest BCUT2D eigenvalue weighted by atomic mass is 10.2. The van der Waals surface area contributed by atoms with Crippen LogP contribution in [0.25, 0.3) is 0 Å². The number of nitrogens with zero attached hydrogens (tertiary/aromatic N) is 1. The van der Waals surface area contributed by atoms with Gasteiger partial charge in [-0.1, -0.05) is 0 Å². The summed E-state index contributed by atoms with van der Waals surface area (Å²) < 4.78 is 4.84. The van der Waals surface area contributed by atoms with E-state index in [2.05, 4.69) is 20.9 Å². The lowest BCUT2D eigenvalue weighted by Gasteiger charge is -2.02. The maximum atomic E-state index is 9.31. The molecule has 1 atom stereocenters. The lowest BCUT2D eigenvalue weighted by molar-refractivity contribution is 0.165. The number of aromatic nitrogens is 1. The van der Waals surface area contributed by atoms with Crippen LogP contribution in [0.2, 0.25) is 0 Å². The highest BCUT2D eigenvalue weighted by Gasteiger charge is 2.10. The molecule has 0 bridgehead atoms. The Balaban J connectivity index is 2.60. The minimum Gasteiger partial charge on any atom is -0.439 e. The third kappa shape index (κ3) is 2.28. The molecule has 1 unspecified atom stereocenters. The van der Waals surface area contributed by atoms with Crippen molar-refractivity contribution in [2.45, 2.75) is 12.5 Å². The Kier molecular flexibility index (Phi) is 3.04. The molecule has 3 N–H and O–H groups in total. The van der Waals surface area contributed by atoms with E-state index in [0.29, 0.717) is 23.5 Å². The first-order valence-corrected chi connectivity index (χ1v) is 4.02. The van der Waals surface area contributed by atoms with Crippen LogP contribution in [0.3, 0.4) is 0 Å². The molecular weight excluding hydrogens is 212 g/mol. The highest BCUT2D eigenvalue weighted by atomic mass is 79.9. The molecule has 11 heavy (non-hydrogen) atoms.